The smallest absolute Gasteiger partial charge is 0.264 e. The van der Waals surface area contributed by atoms with Crippen molar-refractivity contribution < 1.29 is 17.9 Å². The lowest BCUT2D eigenvalue weighted by molar-refractivity contribution is -0.114. The zero-order valence-electron chi connectivity index (χ0n) is 16.8. The van der Waals surface area contributed by atoms with Crippen molar-refractivity contribution in [2.45, 2.75) is 11.8 Å². The summed E-state index contributed by atoms with van der Waals surface area (Å²) in [7, 11) is -2.57. The number of ether oxygens (including phenoxy) is 1. The van der Waals surface area contributed by atoms with E-state index in [-0.39, 0.29) is 4.90 Å². The maximum absolute atomic E-state index is 13.4. The summed E-state index contributed by atoms with van der Waals surface area (Å²) in [5.74, 6) is -0.160. The van der Waals surface area contributed by atoms with Crippen LogP contribution in [0.25, 0.3) is 0 Å². The maximum atomic E-state index is 13.4. The quantitative estimate of drug-likeness (QED) is 0.509. The number of halogens is 2. The first kappa shape index (κ1) is 22.9. The summed E-state index contributed by atoms with van der Waals surface area (Å²) in [5.41, 5.74) is 1.30. The molecule has 0 heterocycles. The van der Waals surface area contributed by atoms with Gasteiger partial charge < -0.3 is 10.1 Å². The molecule has 0 aliphatic heterocycles. The molecule has 0 fully saturated rings. The molecule has 3 aromatic carbocycles. The molecule has 3 rings (SSSR count). The minimum absolute atomic E-state index is 0.0671. The lowest BCUT2D eigenvalue weighted by Crippen LogP contribution is -2.38. The zero-order valence-corrected chi connectivity index (χ0v) is 19.1. The van der Waals surface area contributed by atoms with Gasteiger partial charge in [-0.25, -0.2) is 8.42 Å². The summed E-state index contributed by atoms with van der Waals surface area (Å²) in [4.78, 5) is 13.0. The Morgan fingerprint density at radius 2 is 1.65 bits per heavy atom. The van der Waals surface area contributed by atoms with Gasteiger partial charge in [0.05, 0.1) is 23.4 Å². The Labute approximate surface area is 191 Å². The van der Waals surface area contributed by atoms with E-state index in [1.807, 2.05) is 0 Å². The third kappa shape index (κ3) is 5.31. The van der Waals surface area contributed by atoms with E-state index in [2.05, 4.69) is 5.32 Å². The summed E-state index contributed by atoms with van der Waals surface area (Å²) in [6.45, 7) is 1.27. The first-order valence-corrected chi connectivity index (χ1v) is 11.4. The first-order chi connectivity index (χ1) is 14.7. The lowest BCUT2D eigenvalue weighted by Gasteiger charge is -2.26. The average Bonchev–Trinajstić information content (AvgIpc) is 2.73. The molecule has 9 heteroatoms. The van der Waals surface area contributed by atoms with Gasteiger partial charge in [-0.15, -0.1) is 0 Å². The highest BCUT2D eigenvalue weighted by molar-refractivity contribution is 7.92. The van der Waals surface area contributed by atoms with Gasteiger partial charge in [-0.2, -0.15) is 0 Å². The highest BCUT2D eigenvalue weighted by atomic mass is 35.5. The number of methoxy groups -OCH3 is 1. The number of hydrogen-bond acceptors (Lipinski definition) is 4. The molecule has 0 radical (unpaired) electrons. The standard InChI is InChI=1S/C22H20Cl2N2O4S/c1-15-12-16(23)8-10-20(15)26(31(28,29)18-6-4-3-5-7-18)14-22(27)25-19-13-17(24)9-11-21(19)30-2/h3-13H,14H2,1-2H3,(H,25,27). The third-order valence-corrected chi connectivity index (χ3v) is 6.73. The van der Waals surface area contributed by atoms with E-state index in [9.17, 15) is 13.2 Å². The van der Waals surface area contributed by atoms with Gasteiger partial charge in [0.25, 0.3) is 10.0 Å². The van der Waals surface area contributed by atoms with Crippen LogP contribution in [0.2, 0.25) is 10.0 Å². The van der Waals surface area contributed by atoms with Gasteiger partial charge in [0.1, 0.15) is 12.3 Å². The summed E-state index contributed by atoms with van der Waals surface area (Å²) >= 11 is 12.1. The predicted octanol–water partition coefficient (Wildman–Crippen LogP) is 5.14. The second kappa shape index (κ2) is 9.60. The average molecular weight is 479 g/mol. The van der Waals surface area contributed by atoms with Gasteiger partial charge in [0.15, 0.2) is 0 Å². The Balaban J connectivity index is 1.99. The van der Waals surface area contributed by atoms with E-state index in [0.29, 0.717) is 32.7 Å². The van der Waals surface area contributed by atoms with Crippen LogP contribution in [0.4, 0.5) is 11.4 Å². The van der Waals surface area contributed by atoms with Gasteiger partial charge in [-0.1, -0.05) is 41.4 Å². The first-order valence-electron chi connectivity index (χ1n) is 9.19. The Morgan fingerprint density at radius 3 is 2.29 bits per heavy atom. The Hall–Kier alpha value is -2.74. The van der Waals surface area contributed by atoms with Crippen molar-refractivity contribution in [3.05, 3.63) is 82.3 Å². The van der Waals surface area contributed by atoms with Crippen molar-refractivity contribution in [1.82, 2.24) is 0 Å². The molecule has 0 aromatic heterocycles. The number of benzene rings is 3. The van der Waals surface area contributed by atoms with E-state index in [1.54, 1.807) is 55.5 Å². The lowest BCUT2D eigenvalue weighted by atomic mass is 10.2. The SMILES string of the molecule is COc1ccc(Cl)cc1NC(=O)CN(c1ccc(Cl)cc1C)S(=O)(=O)c1ccccc1. The van der Waals surface area contributed by atoms with Crippen molar-refractivity contribution in [3.8, 4) is 5.75 Å². The molecule has 0 saturated carbocycles. The van der Waals surface area contributed by atoms with Crippen LogP contribution in [0, 0.1) is 6.92 Å². The van der Waals surface area contributed by atoms with Crippen molar-refractivity contribution in [2.24, 2.45) is 0 Å². The summed E-state index contributed by atoms with van der Waals surface area (Å²) < 4.78 is 33.1. The molecule has 3 aromatic rings. The third-order valence-electron chi connectivity index (χ3n) is 4.48. The number of hydrogen-bond donors (Lipinski definition) is 1. The van der Waals surface area contributed by atoms with Crippen LogP contribution in [-0.4, -0.2) is 28.0 Å². The van der Waals surface area contributed by atoms with E-state index < -0.39 is 22.5 Å². The molecule has 1 N–H and O–H groups in total. The van der Waals surface area contributed by atoms with Crippen LogP contribution in [0.5, 0.6) is 5.75 Å². The number of rotatable bonds is 7. The van der Waals surface area contributed by atoms with Gasteiger partial charge in [0.2, 0.25) is 5.91 Å². The van der Waals surface area contributed by atoms with Gasteiger partial charge in [-0.3, -0.25) is 9.10 Å². The Morgan fingerprint density at radius 1 is 1.00 bits per heavy atom. The van der Waals surface area contributed by atoms with Crippen molar-refractivity contribution in [1.29, 1.82) is 0 Å². The molecule has 31 heavy (non-hydrogen) atoms. The van der Waals surface area contributed by atoms with E-state index in [1.165, 1.54) is 25.3 Å². The van der Waals surface area contributed by atoms with Crippen LogP contribution >= 0.6 is 23.2 Å². The number of anilines is 2. The molecule has 0 aliphatic rings. The van der Waals surface area contributed by atoms with Crippen molar-refractivity contribution >= 4 is 50.5 Å². The fourth-order valence-electron chi connectivity index (χ4n) is 3.02. The molecule has 0 unspecified atom stereocenters. The van der Waals surface area contributed by atoms with Crippen LogP contribution in [0.15, 0.2) is 71.6 Å². The van der Waals surface area contributed by atoms with E-state index in [0.717, 1.165) is 4.31 Å². The minimum Gasteiger partial charge on any atom is -0.495 e. The predicted molar refractivity (Wildman–Crippen MR) is 124 cm³/mol. The molecule has 6 nitrogen and oxygen atoms in total. The number of nitrogens with zero attached hydrogens (tertiary/aromatic N) is 1. The largest absolute Gasteiger partial charge is 0.495 e. The topological polar surface area (TPSA) is 75.7 Å². The molecule has 0 saturated heterocycles. The fraction of sp³-hybridized carbons (Fsp3) is 0.136. The number of carbonyl (C=O) groups is 1. The normalized spacial score (nSPS) is 11.1. The van der Waals surface area contributed by atoms with Crippen LogP contribution in [0.3, 0.4) is 0 Å². The number of carbonyl (C=O) groups excluding carboxylic acids is 1. The number of amides is 1. The van der Waals surface area contributed by atoms with Gasteiger partial charge in [-0.05, 0) is 61.0 Å². The van der Waals surface area contributed by atoms with Crippen molar-refractivity contribution in [2.75, 3.05) is 23.3 Å². The van der Waals surface area contributed by atoms with Crippen molar-refractivity contribution in [3.63, 3.8) is 0 Å². The van der Waals surface area contributed by atoms with Crippen LogP contribution in [0.1, 0.15) is 5.56 Å². The van der Waals surface area contributed by atoms with Crippen LogP contribution < -0.4 is 14.4 Å². The second-order valence-corrected chi connectivity index (χ2v) is 9.38. The minimum atomic E-state index is -4.03. The maximum Gasteiger partial charge on any atom is 0.264 e. The number of aryl methyl sites for hydroxylation is 1. The number of sulfonamides is 1. The highest BCUT2D eigenvalue weighted by Crippen LogP contribution is 2.30. The monoisotopic (exact) mass is 478 g/mol. The molecule has 0 bridgehead atoms. The summed E-state index contributed by atoms with van der Waals surface area (Å²) in [5, 5.41) is 3.54. The van der Waals surface area contributed by atoms with E-state index in [4.69, 9.17) is 27.9 Å². The molecule has 0 atom stereocenters. The molecule has 0 aliphatic carbocycles. The number of nitrogens with one attached hydrogen (secondary N) is 1. The molecule has 162 valence electrons. The zero-order chi connectivity index (χ0) is 22.6. The Kier molecular flexibility index (Phi) is 7.10. The van der Waals surface area contributed by atoms with Crippen LogP contribution in [-0.2, 0) is 14.8 Å². The molecular formula is C22H20Cl2N2O4S. The molecular weight excluding hydrogens is 459 g/mol. The van der Waals surface area contributed by atoms with Gasteiger partial charge >= 0.3 is 0 Å². The molecule has 0 spiro atoms. The molecule has 1 amide bonds. The summed E-state index contributed by atoms with van der Waals surface area (Å²) in [6, 6.07) is 17.5. The highest BCUT2D eigenvalue weighted by Gasteiger charge is 2.28. The summed E-state index contributed by atoms with van der Waals surface area (Å²) in [6.07, 6.45) is 0. The van der Waals surface area contributed by atoms with Gasteiger partial charge in [0, 0.05) is 10.0 Å². The fourth-order valence-corrected chi connectivity index (χ4v) is 4.92. The Bertz CT molecular complexity index is 1200. The van der Waals surface area contributed by atoms with E-state index >= 15 is 0 Å². The second-order valence-electron chi connectivity index (χ2n) is 6.65.